The lowest BCUT2D eigenvalue weighted by Gasteiger charge is -2.17. The van der Waals surface area contributed by atoms with Crippen LogP contribution in [0.2, 0.25) is 0 Å². The second-order valence-corrected chi connectivity index (χ2v) is 5.32. The number of carbonyl (C=O) groups excluding carboxylic acids is 1. The molecule has 1 aliphatic heterocycles. The fraction of sp³-hybridized carbons (Fsp3) is 0.462. The van der Waals surface area contributed by atoms with Gasteiger partial charge in [0.25, 0.3) is 0 Å². The predicted molar refractivity (Wildman–Crippen MR) is 69.5 cm³/mol. The van der Waals surface area contributed by atoms with Crippen molar-refractivity contribution in [2.75, 3.05) is 12.4 Å². The van der Waals surface area contributed by atoms with E-state index in [0.29, 0.717) is 16.6 Å². The van der Waals surface area contributed by atoms with E-state index in [1.807, 2.05) is 19.9 Å². The molecule has 1 heterocycles. The zero-order valence-electron chi connectivity index (χ0n) is 10.2. The third kappa shape index (κ3) is 2.32. The van der Waals surface area contributed by atoms with Crippen LogP contribution in [0.4, 0.5) is 0 Å². The number of ether oxygens (including phenoxy) is 2. The van der Waals surface area contributed by atoms with Crippen molar-refractivity contribution < 1.29 is 14.3 Å². The van der Waals surface area contributed by atoms with Gasteiger partial charge in [0.15, 0.2) is 17.3 Å². The molecule has 0 aromatic heterocycles. The van der Waals surface area contributed by atoms with Gasteiger partial charge in [-0.05, 0) is 26.0 Å². The van der Waals surface area contributed by atoms with Gasteiger partial charge in [-0.15, -0.1) is 0 Å². The van der Waals surface area contributed by atoms with Gasteiger partial charge in [-0.1, -0.05) is 15.9 Å². The van der Waals surface area contributed by atoms with Crippen LogP contribution < -0.4 is 9.47 Å². The molecule has 3 nitrogen and oxygen atoms in total. The highest BCUT2D eigenvalue weighted by molar-refractivity contribution is 9.09. The van der Waals surface area contributed by atoms with Crippen molar-refractivity contribution >= 4 is 21.7 Å². The second-order valence-electron chi connectivity index (χ2n) is 4.76. The van der Waals surface area contributed by atoms with Gasteiger partial charge >= 0.3 is 0 Å². The van der Waals surface area contributed by atoms with Crippen molar-refractivity contribution in [1.29, 1.82) is 0 Å². The number of alkyl halides is 1. The van der Waals surface area contributed by atoms with Crippen LogP contribution in [0.15, 0.2) is 12.1 Å². The first-order valence-electron chi connectivity index (χ1n) is 5.46. The highest BCUT2D eigenvalue weighted by Crippen LogP contribution is 2.42. The maximum atomic E-state index is 11.7. The van der Waals surface area contributed by atoms with E-state index in [-0.39, 0.29) is 11.4 Å². The van der Waals surface area contributed by atoms with Crippen molar-refractivity contribution in [3.63, 3.8) is 0 Å². The number of Topliss-reactive ketones (excluding diaryl/α,β-unsaturated/α-hetero) is 1. The molecule has 0 bridgehead atoms. The lowest BCUT2D eigenvalue weighted by molar-refractivity contribution is 0.102. The zero-order chi connectivity index (χ0) is 12.6. The molecule has 0 aliphatic carbocycles. The van der Waals surface area contributed by atoms with E-state index in [1.54, 1.807) is 13.2 Å². The number of halogens is 1. The fourth-order valence-electron chi connectivity index (χ4n) is 2.07. The molecule has 17 heavy (non-hydrogen) atoms. The second kappa shape index (κ2) is 4.33. The summed E-state index contributed by atoms with van der Waals surface area (Å²) in [5, 5.41) is 0.319. The van der Waals surface area contributed by atoms with Crippen LogP contribution in [0.3, 0.4) is 0 Å². The maximum absolute atomic E-state index is 11.7. The van der Waals surface area contributed by atoms with Gasteiger partial charge in [0.05, 0.1) is 12.4 Å². The predicted octanol–water partition coefficient (Wildman–Crippen LogP) is 2.99. The topological polar surface area (TPSA) is 35.5 Å². The number of hydrogen-bond acceptors (Lipinski definition) is 3. The molecule has 0 saturated carbocycles. The number of fused-ring (bicyclic) bond motifs is 1. The monoisotopic (exact) mass is 298 g/mol. The SMILES string of the molecule is COc1cc(C(=O)CBr)cc2c1OC(C)(C)C2. The van der Waals surface area contributed by atoms with E-state index in [9.17, 15) is 4.79 Å². The molecular weight excluding hydrogens is 284 g/mol. The Hall–Kier alpha value is -1.03. The third-order valence-electron chi connectivity index (χ3n) is 2.79. The molecule has 0 N–H and O–H groups in total. The first-order valence-corrected chi connectivity index (χ1v) is 6.58. The Bertz CT molecular complexity index is 466. The van der Waals surface area contributed by atoms with Crippen molar-refractivity contribution in [3.05, 3.63) is 23.3 Å². The molecule has 4 heteroatoms. The van der Waals surface area contributed by atoms with Gasteiger partial charge in [-0.2, -0.15) is 0 Å². The molecule has 0 unspecified atom stereocenters. The molecule has 0 fully saturated rings. The van der Waals surface area contributed by atoms with Gasteiger partial charge in [0.1, 0.15) is 5.60 Å². The van der Waals surface area contributed by atoms with Crippen LogP contribution in [0.25, 0.3) is 0 Å². The number of carbonyl (C=O) groups is 1. The zero-order valence-corrected chi connectivity index (χ0v) is 11.8. The first kappa shape index (κ1) is 12.4. The average molecular weight is 299 g/mol. The molecule has 0 radical (unpaired) electrons. The Kier molecular flexibility index (Phi) is 3.17. The minimum Gasteiger partial charge on any atom is -0.493 e. The Morgan fingerprint density at radius 2 is 2.24 bits per heavy atom. The molecule has 0 saturated heterocycles. The number of rotatable bonds is 3. The molecule has 92 valence electrons. The Morgan fingerprint density at radius 1 is 1.53 bits per heavy atom. The van der Waals surface area contributed by atoms with Gasteiger partial charge in [-0.3, -0.25) is 4.79 Å². The lowest BCUT2D eigenvalue weighted by atomic mass is 9.99. The minimum absolute atomic E-state index is 0.0517. The summed E-state index contributed by atoms with van der Waals surface area (Å²) >= 11 is 3.18. The Labute approximate surface area is 109 Å². The Morgan fingerprint density at radius 3 is 2.82 bits per heavy atom. The standard InChI is InChI=1S/C13H15BrO3/c1-13(2)6-9-4-8(10(15)7-14)5-11(16-3)12(9)17-13/h4-5H,6-7H2,1-3H3. The highest BCUT2D eigenvalue weighted by Gasteiger charge is 2.33. The van der Waals surface area contributed by atoms with Crippen molar-refractivity contribution in [1.82, 2.24) is 0 Å². The van der Waals surface area contributed by atoms with Crippen LogP contribution in [0, 0.1) is 0 Å². The maximum Gasteiger partial charge on any atom is 0.173 e. The van der Waals surface area contributed by atoms with Crippen molar-refractivity contribution in [2.45, 2.75) is 25.9 Å². The van der Waals surface area contributed by atoms with Gasteiger partial charge < -0.3 is 9.47 Å². The molecule has 0 atom stereocenters. The van der Waals surface area contributed by atoms with Crippen molar-refractivity contribution in [3.8, 4) is 11.5 Å². The van der Waals surface area contributed by atoms with E-state index < -0.39 is 0 Å². The molecule has 1 aliphatic rings. The van der Waals surface area contributed by atoms with Crippen LogP contribution in [-0.2, 0) is 6.42 Å². The summed E-state index contributed by atoms with van der Waals surface area (Å²) in [7, 11) is 1.59. The summed E-state index contributed by atoms with van der Waals surface area (Å²) in [6.07, 6.45) is 0.794. The normalized spacial score (nSPS) is 16.2. The Balaban J connectivity index is 2.49. The minimum atomic E-state index is -0.230. The molecular formula is C13H15BrO3. The van der Waals surface area contributed by atoms with E-state index in [1.165, 1.54) is 0 Å². The van der Waals surface area contributed by atoms with Crippen LogP contribution in [0.5, 0.6) is 11.5 Å². The van der Waals surface area contributed by atoms with E-state index >= 15 is 0 Å². The lowest BCUT2D eigenvalue weighted by Crippen LogP contribution is -2.24. The highest BCUT2D eigenvalue weighted by atomic mass is 79.9. The van der Waals surface area contributed by atoms with Gasteiger partial charge in [0, 0.05) is 17.5 Å². The molecule has 1 aromatic carbocycles. The summed E-state index contributed by atoms with van der Waals surface area (Å²) in [6, 6.07) is 3.64. The summed E-state index contributed by atoms with van der Waals surface area (Å²) in [4.78, 5) is 11.7. The van der Waals surface area contributed by atoms with Crippen LogP contribution in [-0.4, -0.2) is 23.8 Å². The third-order valence-corrected chi connectivity index (χ3v) is 3.30. The van der Waals surface area contributed by atoms with Gasteiger partial charge in [-0.25, -0.2) is 0 Å². The largest absolute Gasteiger partial charge is 0.493 e. The smallest absolute Gasteiger partial charge is 0.173 e. The first-order chi connectivity index (χ1) is 7.96. The van der Waals surface area contributed by atoms with Crippen LogP contribution >= 0.6 is 15.9 Å². The van der Waals surface area contributed by atoms with E-state index in [2.05, 4.69) is 15.9 Å². The fourth-order valence-corrected chi connectivity index (χ4v) is 2.39. The average Bonchev–Trinajstić information content (AvgIpc) is 2.60. The number of methoxy groups -OCH3 is 1. The summed E-state index contributed by atoms with van der Waals surface area (Å²) < 4.78 is 11.1. The van der Waals surface area contributed by atoms with Crippen LogP contribution in [0.1, 0.15) is 29.8 Å². The quantitative estimate of drug-likeness (QED) is 0.636. The van der Waals surface area contributed by atoms with Gasteiger partial charge in [0.2, 0.25) is 0 Å². The van der Waals surface area contributed by atoms with Crippen molar-refractivity contribution in [2.24, 2.45) is 0 Å². The molecule has 0 amide bonds. The number of benzene rings is 1. The summed E-state index contributed by atoms with van der Waals surface area (Å²) in [6.45, 7) is 4.05. The molecule has 0 spiro atoms. The van der Waals surface area contributed by atoms with E-state index in [0.717, 1.165) is 17.7 Å². The summed E-state index contributed by atoms with van der Waals surface area (Å²) in [5.41, 5.74) is 1.48. The molecule has 2 rings (SSSR count). The number of ketones is 1. The molecule has 1 aromatic rings. The number of hydrogen-bond donors (Lipinski definition) is 0. The van der Waals surface area contributed by atoms with E-state index in [4.69, 9.17) is 9.47 Å². The summed E-state index contributed by atoms with van der Waals surface area (Å²) in [5.74, 6) is 1.46.